The van der Waals surface area contributed by atoms with E-state index in [0.29, 0.717) is 12.1 Å². The first-order chi connectivity index (χ1) is 11.7. The van der Waals surface area contributed by atoms with Gasteiger partial charge in [-0.25, -0.2) is 17.2 Å². The number of halogens is 2. The van der Waals surface area contributed by atoms with Gasteiger partial charge in [0, 0.05) is 17.5 Å². The molecule has 0 saturated heterocycles. The minimum absolute atomic E-state index is 0.0101. The van der Waals surface area contributed by atoms with E-state index in [1.54, 1.807) is 0 Å². The number of benzene rings is 2. The molecule has 128 valence electrons. The normalized spacial score (nSPS) is 11.6. The van der Waals surface area contributed by atoms with Gasteiger partial charge in [0.2, 0.25) is 9.84 Å². The predicted molar refractivity (Wildman–Crippen MR) is 81.9 cm³/mol. The number of rotatable bonds is 3. The summed E-state index contributed by atoms with van der Waals surface area (Å²) in [4.78, 5) is 12.7. The summed E-state index contributed by atoms with van der Waals surface area (Å²) in [6, 6.07) is 5.30. The monoisotopic (exact) mass is 366 g/mol. The molecule has 0 atom stereocenters. The van der Waals surface area contributed by atoms with E-state index in [4.69, 9.17) is 0 Å². The number of nitro groups is 1. The van der Waals surface area contributed by atoms with Crippen LogP contribution in [0.25, 0.3) is 10.9 Å². The highest BCUT2D eigenvalue weighted by Crippen LogP contribution is 2.35. The fourth-order valence-corrected chi connectivity index (χ4v) is 3.55. The summed E-state index contributed by atoms with van der Waals surface area (Å²) in [5.74, 6) is -3.26. The van der Waals surface area contributed by atoms with Crippen LogP contribution in [0.3, 0.4) is 0 Å². The van der Waals surface area contributed by atoms with E-state index < -0.39 is 41.9 Å². The zero-order chi connectivity index (χ0) is 18.4. The van der Waals surface area contributed by atoms with Gasteiger partial charge in [-0.05, 0) is 24.3 Å². The molecule has 2 aromatic carbocycles. The lowest BCUT2D eigenvalue weighted by Gasteiger charge is -2.09. The van der Waals surface area contributed by atoms with Crippen LogP contribution in [0.1, 0.15) is 0 Å². The van der Waals surface area contributed by atoms with Crippen molar-refractivity contribution in [2.24, 2.45) is 0 Å². The molecule has 7 nitrogen and oxygen atoms in total. The molecule has 10 heteroatoms. The topological polar surface area (TPSA) is 110 Å². The summed E-state index contributed by atoms with van der Waals surface area (Å²) in [5.41, 5.74) is -0.272. The number of nitrogens with zero attached hydrogens (tertiary/aromatic N) is 2. The molecule has 0 aliphatic rings. The summed E-state index contributed by atoms with van der Waals surface area (Å²) >= 11 is 0. The van der Waals surface area contributed by atoms with E-state index in [-0.39, 0.29) is 16.6 Å². The lowest BCUT2D eigenvalue weighted by molar-refractivity contribution is -0.384. The van der Waals surface area contributed by atoms with Gasteiger partial charge in [-0.15, -0.1) is 0 Å². The summed E-state index contributed by atoms with van der Waals surface area (Å²) in [7, 11) is -4.38. The number of aromatic hydroxyl groups is 1. The van der Waals surface area contributed by atoms with Crippen LogP contribution in [0.15, 0.2) is 52.4 Å². The maximum absolute atomic E-state index is 13.3. The standard InChI is InChI=1S/C15H8F2N2O5S/c16-11-4-2-9(6-12(11)17)25(23,24)14-7-18-13-5-8(19(21)22)1-3-10(13)15(14)20/h1-7H,(H,18,20). The average Bonchev–Trinajstić information content (AvgIpc) is 2.56. The average molecular weight is 366 g/mol. The van der Waals surface area contributed by atoms with Crippen molar-refractivity contribution in [3.05, 3.63) is 64.3 Å². The smallest absolute Gasteiger partial charge is 0.271 e. The Hall–Kier alpha value is -3.14. The molecule has 1 aromatic heterocycles. The fourth-order valence-electron chi connectivity index (χ4n) is 2.23. The molecule has 0 amide bonds. The summed E-state index contributed by atoms with van der Waals surface area (Å²) in [5, 5.41) is 21.0. The van der Waals surface area contributed by atoms with Gasteiger partial charge in [0.25, 0.3) is 5.69 Å². The van der Waals surface area contributed by atoms with Gasteiger partial charge < -0.3 is 5.11 Å². The van der Waals surface area contributed by atoms with E-state index >= 15 is 0 Å². The minimum atomic E-state index is -4.38. The van der Waals surface area contributed by atoms with E-state index in [0.717, 1.165) is 30.5 Å². The molecule has 0 aliphatic carbocycles. The summed E-state index contributed by atoms with van der Waals surface area (Å²) in [6.45, 7) is 0. The van der Waals surface area contributed by atoms with Gasteiger partial charge in [0.1, 0.15) is 10.6 Å². The van der Waals surface area contributed by atoms with Crippen LogP contribution >= 0.6 is 0 Å². The van der Waals surface area contributed by atoms with Crippen molar-refractivity contribution in [3.63, 3.8) is 0 Å². The molecule has 0 aliphatic heterocycles. The van der Waals surface area contributed by atoms with Crippen molar-refractivity contribution in [1.82, 2.24) is 4.98 Å². The van der Waals surface area contributed by atoms with Crippen LogP contribution in [0.4, 0.5) is 14.5 Å². The van der Waals surface area contributed by atoms with Gasteiger partial charge in [-0.1, -0.05) is 0 Å². The Kier molecular flexibility index (Phi) is 3.84. The van der Waals surface area contributed by atoms with E-state index in [1.165, 1.54) is 0 Å². The number of non-ortho nitro benzene ring substituents is 1. The SMILES string of the molecule is O=[N+]([O-])c1ccc2c(O)c(S(=O)(=O)c3ccc(F)c(F)c3)cnc2c1. The summed E-state index contributed by atoms with van der Waals surface area (Å²) in [6.07, 6.45) is 0.804. The predicted octanol–water partition coefficient (Wildman–Crippen LogP) is 2.96. The quantitative estimate of drug-likeness (QED) is 0.433. The second-order valence-corrected chi connectivity index (χ2v) is 6.93. The Balaban J connectivity index is 2.21. The maximum atomic E-state index is 13.3. The maximum Gasteiger partial charge on any atom is 0.271 e. The molecule has 3 aromatic rings. The number of hydrogen-bond acceptors (Lipinski definition) is 6. The molecule has 3 rings (SSSR count). The van der Waals surface area contributed by atoms with Gasteiger partial charge in [0.15, 0.2) is 11.6 Å². The van der Waals surface area contributed by atoms with Gasteiger partial charge in [-0.2, -0.15) is 0 Å². The second kappa shape index (κ2) is 5.74. The molecule has 0 radical (unpaired) electrons. The Labute approximate surface area is 139 Å². The van der Waals surface area contributed by atoms with Gasteiger partial charge >= 0.3 is 0 Å². The Bertz CT molecular complexity index is 1130. The van der Waals surface area contributed by atoms with E-state index in [9.17, 15) is 32.4 Å². The zero-order valence-corrected chi connectivity index (χ0v) is 13.0. The third-order valence-electron chi connectivity index (χ3n) is 3.49. The Morgan fingerprint density at radius 1 is 1.08 bits per heavy atom. The molecule has 25 heavy (non-hydrogen) atoms. The Morgan fingerprint density at radius 3 is 2.44 bits per heavy atom. The van der Waals surface area contributed by atoms with Crippen molar-refractivity contribution in [3.8, 4) is 5.75 Å². The second-order valence-electron chi connectivity index (χ2n) is 5.01. The highest BCUT2D eigenvalue weighted by Gasteiger charge is 2.25. The lowest BCUT2D eigenvalue weighted by atomic mass is 10.2. The van der Waals surface area contributed by atoms with Gasteiger partial charge in [0.05, 0.1) is 21.5 Å². The zero-order valence-electron chi connectivity index (χ0n) is 12.2. The number of aromatic nitrogens is 1. The van der Waals surface area contributed by atoms with E-state index in [2.05, 4.69) is 4.98 Å². The fraction of sp³-hybridized carbons (Fsp3) is 0. The van der Waals surface area contributed by atoms with Crippen LogP contribution < -0.4 is 0 Å². The van der Waals surface area contributed by atoms with Crippen molar-refractivity contribution in [1.29, 1.82) is 0 Å². The minimum Gasteiger partial charge on any atom is -0.506 e. The van der Waals surface area contributed by atoms with Gasteiger partial charge in [-0.3, -0.25) is 15.1 Å². The molecule has 0 bridgehead atoms. The summed E-state index contributed by atoms with van der Waals surface area (Å²) < 4.78 is 51.4. The molecule has 1 N–H and O–H groups in total. The van der Waals surface area contributed by atoms with Crippen molar-refractivity contribution >= 4 is 26.4 Å². The molecule has 0 fully saturated rings. The van der Waals surface area contributed by atoms with Crippen LogP contribution in [-0.4, -0.2) is 23.4 Å². The molecule has 0 saturated carbocycles. The number of hydrogen-bond donors (Lipinski definition) is 1. The van der Waals surface area contributed by atoms with Crippen LogP contribution in [0.2, 0.25) is 0 Å². The molecule has 0 unspecified atom stereocenters. The van der Waals surface area contributed by atoms with Crippen molar-refractivity contribution < 1.29 is 27.2 Å². The number of sulfone groups is 1. The highest BCUT2D eigenvalue weighted by molar-refractivity contribution is 7.91. The van der Waals surface area contributed by atoms with Crippen LogP contribution in [0, 0.1) is 21.7 Å². The third kappa shape index (κ3) is 2.76. The molecular weight excluding hydrogens is 358 g/mol. The number of nitro benzene ring substituents is 1. The first kappa shape index (κ1) is 16.7. The highest BCUT2D eigenvalue weighted by atomic mass is 32.2. The van der Waals surface area contributed by atoms with Crippen LogP contribution in [0.5, 0.6) is 5.75 Å². The number of pyridine rings is 1. The Morgan fingerprint density at radius 2 is 1.80 bits per heavy atom. The number of fused-ring (bicyclic) bond motifs is 1. The van der Waals surface area contributed by atoms with E-state index in [1.807, 2.05) is 0 Å². The largest absolute Gasteiger partial charge is 0.506 e. The van der Waals surface area contributed by atoms with Crippen LogP contribution in [-0.2, 0) is 9.84 Å². The van der Waals surface area contributed by atoms with Crippen molar-refractivity contribution in [2.45, 2.75) is 9.79 Å². The van der Waals surface area contributed by atoms with Crippen molar-refractivity contribution in [2.75, 3.05) is 0 Å². The lowest BCUT2D eigenvalue weighted by Crippen LogP contribution is -2.04. The first-order valence-electron chi connectivity index (χ1n) is 6.68. The molecular formula is C15H8F2N2O5S. The third-order valence-corrected chi connectivity index (χ3v) is 5.24. The molecule has 0 spiro atoms. The molecule has 1 heterocycles. The first-order valence-corrected chi connectivity index (χ1v) is 8.16.